The predicted molar refractivity (Wildman–Crippen MR) is 72.8 cm³/mol. The lowest BCUT2D eigenvalue weighted by molar-refractivity contribution is 0.283. The van der Waals surface area contributed by atoms with Crippen molar-refractivity contribution in [2.24, 2.45) is 0 Å². The number of sulfonamides is 1. The Morgan fingerprint density at radius 1 is 1.44 bits per heavy atom. The van der Waals surface area contributed by atoms with Gasteiger partial charge in [0.15, 0.2) is 0 Å². The van der Waals surface area contributed by atoms with E-state index in [2.05, 4.69) is 5.32 Å². The fourth-order valence-corrected chi connectivity index (χ4v) is 4.09. The number of nitrogens with one attached hydrogen (secondary N) is 1. The van der Waals surface area contributed by atoms with E-state index in [9.17, 15) is 8.42 Å². The molecule has 2 rings (SSSR count). The molecule has 100 valence electrons. The van der Waals surface area contributed by atoms with Crippen molar-refractivity contribution in [3.05, 3.63) is 35.4 Å². The molecule has 1 atom stereocenters. The highest BCUT2D eigenvalue weighted by Crippen LogP contribution is 2.16. The average Bonchev–Trinajstić information content (AvgIpc) is 2.28. The number of nitrogens with zero attached hydrogens (tertiary/aromatic N) is 1. The van der Waals surface area contributed by atoms with Crippen LogP contribution in [0.4, 0.5) is 0 Å². The zero-order valence-electron chi connectivity index (χ0n) is 10.9. The highest BCUT2D eigenvalue weighted by atomic mass is 32.2. The topological polar surface area (TPSA) is 49.4 Å². The van der Waals surface area contributed by atoms with Gasteiger partial charge in [-0.05, 0) is 19.4 Å². The van der Waals surface area contributed by atoms with E-state index in [0.29, 0.717) is 6.54 Å². The minimum absolute atomic E-state index is 0.0357. The first kappa shape index (κ1) is 13.5. The summed E-state index contributed by atoms with van der Waals surface area (Å²) in [5.74, 6) is 0.0962. The van der Waals surface area contributed by atoms with Crippen LogP contribution in [0.15, 0.2) is 24.3 Å². The minimum atomic E-state index is -3.21. The third-order valence-electron chi connectivity index (χ3n) is 3.23. The van der Waals surface area contributed by atoms with Crippen molar-refractivity contribution >= 4 is 10.0 Å². The maximum Gasteiger partial charge on any atom is 0.218 e. The molecule has 1 fully saturated rings. The molecular formula is C13H20N2O2S. The van der Waals surface area contributed by atoms with Crippen molar-refractivity contribution in [1.82, 2.24) is 9.62 Å². The van der Waals surface area contributed by atoms with Gasteiger partial charge in [0.25, 0.3) is 0 Å². The Morgan fingerprint density at radius 2 is 2.22 bits per heavy atom. The Morgan fingerprint density at radius 3 is 2.89 bits per heavy atom. The van der Waals surface area contributed by atoms with Gasteiger partial charge in [0.1, 0.15) is 0 Å². The van der Waals surface area contributed by atoms with Crippen LogP contribution in [0.2, 0.25) is 0 Å². The van der Waals surface area contributed by atoms with Crippen LogP contribution >= 0.6 is 0 Å². The van der Waals surface area contributed by atoms with Crippen LogP contribution in [0.1, 0.15) is 18.1 Å². The van der Waals surface area contributed by atoms with E-state index in [0.717, 1.165) is 24.2 Å². The zero-order valence-corrected chi connectivity index (χ0v) is 11.7. The largest absolute Gasteiger partial charge is 0.314 e. The molecule has 1 aromatic rings. The normalized spacial score (nSPS) is 22.0. The van der Waals surface area contributed by atoms with Gasteiger partial charge in [0, 0.05) is 25.7 Å². The number of hydrogen-bond acceptors (Lipinski definition) is 3. The van der Waals surface area contributed by atoms with E-state index >= 15 is 0 Å². The Balaban J connectivity index is 2.16. The second-order valence-electron chi connectivity index (χ2n) is 4.91. The lowest BCUT2D eigenvalue weighted by atomic mass is 10.2. The summed E-state index contributed by atoms with van der Waals surface area (Å²) in [7, 11) is -3.21. The van der Waals surface area contributed by atoms with Crippen LogP contribution in [0, 0.1) is 6.92 Å². The molecule has 1 N–H and O–H groups in total. The van der Waals surface area contributed by atoms with Gasteiger partial charge in [-0.1, -0.05) is 29.8 Å². The number of hydrogen-bond donors (Lipinski definition) is 1. The Kier molecular flexibility index (Phi) is 4.04. The highest BCUT2D eigenvalue weighted by molar-refractivity contribution is 7.88. The summed E-state index contributed by atoms with van der Waals surface area (Å²) in [5, 5.41) is 3.20. The summed E-state index contributed by atoms with van der Waals surface area (Å²) < 4.78 is 26.4. The number of rotatable bonds is 3. The number of benzene rings is 1. The molecule has 18 heavy (non-hydrogen) atoms. The van der Waals surface area contributed by atoms with E-state index in [1.165, 1.54) is 0 Å². The van der Waals surface area contributed by atoms with E-state index in [1.807, 2.05) is 38.1 Å². The third kappa shape index (κ3) is 3.10. The maximum atomic E-state index is 12.4. The molecule has 1 aliphatic heterocycles. The van der Waals surface area contributed by atoms with Crippen molar-refractivity contribution in [1.29, 1.82) is 0 Å². The van der Waals surface area contributed by atoms with Crippen LogP contribution in [0.25, 0.3) is 0 Å². The van der Waals surface area contributed by atoms with E-state index in [-0.39, 0.29) is 11.8 Å². The fraction of sp³-hybridized carbons (Fsp3) is 0.538. The molecule has 0 aromatic heterocycles. The fourth-order valence-electron chi connectivity index (χ4n) is 2.33. The molecule has 0 amide bonds. The van der Waals surface area contributed by atoms with Crippen LogP contribution in [-0.2, 0) is 15.8 Å². The molecule has 1 saturated heterocycles. The molecule has 0 aliphatic carbocycles. The quantitative estimate of drug-likeness (QED) is 0.893. The summed E-state index contributed by atoms with van der Waals surface area (Å²) in [6.07, 6.45) is 0. The molecule has 0 saturated carbocycles. The molecule has 4 nitrogen and oxygen atoms in total. The molecule has 0 radical (unpaired) electrons. The molecule has 1 aliphatic rings. The second kappa shape index (κ2) is 5.38. The molecule has 1 heterocycles. The van der Waals surface area contributed by atoms with Crippen LogP contribution in [0.3, 0.4) is 0 Å². The first-order valence-electron chi connectivity index (χ1n) is 6.25. The van der Waals surface area contributed by atoms with Crippen molar-refractivity contribution in [3.8, 4) is 0 Å². The van der Waals surface area contributed by atoms with E-state index in [4.69, 9.17) is 0 Å². The van der Waals surface area contributed by atoms with Crippen LogP contribution < -0.4 is 5.32 Å². The molecule has 1 unspecified atom stereocenters. The first-order chi connectivity index (χ1) is 8.49. The highest BCUT2D eigenvalue weighted by Gasteiger charge is 2.29. The third-order valence-corrected chi connectivity index (χ3v) is 5.18. The monoisotopic (exact) mass is 268 g/mol. The van der Waals surface area contributed by atoms with Gasteiger partial charge in [-0.25, -0.2) is 8.42 Å². The standard InChI is InChI=1S/C13H20N2O2S/c1-11-4-3-5-13(8-11)10-18(16,17)15-7-6-14-9-12(15)2/h3-5,8,12,14H,6-7,9-10H2,1-2H3. The van der Waals surface area contributed by atoms with E-state index < -0.39 is 10.0 Å². The Bertz CT molecular complexity index is 513. The molecule has 1 aromatic carbocycles. The molecule has 0 spiro atoms. The lowest BCUT2D eigenvalue weighted by Crippen LogP contribution is -2.52. The van der Waals surface area contributed by atoms with Gasteiger partial charge in [-0.2, -0.15) is 4.31 Å². The average molecular weight is 268 g/mol. The van der Waals surface area contributed by atoms with Crippen molar-refractivity contribution in [2.45, 2.75) is 25.6 Å². The van der Waals surface area contributed by atoms with Gasteiger partial charge in [0.2, 0.25) is 10.0 Å². The maximum absolute atomic E-state index is 12.4. The van der Waals surface area contributed by atoms with E-state index in [1.54, 1.807) is 4.31 Å². The van der Waals surface area contributed by atoms with Gasteiger partial charge in [-0.3, -0.25) is 0 Å². The minimum Gasteiger partial charge on any atom is -0.314 e. The smallest absolute Gasteiger partial charge is 0.218 e. The summed E-state index contributed by atoms with van der Waals surface area (Å²) in [5.41, 5.74) is 1.96. The van der Waals surface area contributed by atoms with Crippen LogP contribution in [-0.4, -0.2) is 38.4 Å². The molecular weight excluding hydrogens is 248 g/mol. The Labute approximate surface area is 109 Å². The molecule has 5 heteroatoms. The summed E-state index contributed by atoms with van der Waals surface area (Å²) >= 11 is 0. The number of aryl methyl sites for hydroxylation is 1. The SMILES string of the molecule is Cc1cccc(CS(=O)(=O)N2CCNCC2C)c1. The van der Waals surface area contributed by atoms with Gasteiger partial charge in [0.05, 0.1) is 5.75 Å². The Hall–Kier alpha value is -0.910. The summed E-state index contributed by atoms with van der Waals surface area (Å²) in [6.45, 7) is 5.95. The summed E-state index contributed by atoms with van der Waals surface area (Å²) in [4.78, 5) is 0. The first-order valence-corrected chi connectivity index (χ1v) is 7.86. The number of piperazine rings is 1. The zero-order chi connectivity index (χ0) is 13.2. The van der Waals surface area contributed by atoms with Crippen molar-refractivity contribution in [3.63, 3.8) is 0 Å². The van der Waals surface area contributed by atoms with Gasteiger partial charge < -0.3 is 5.32 Å². The predicted octanol–water partition coefficient (Wildman–Crippen LogP) is 1.12. The second-order valence-corrected chi connectivity index (χ2v) is 6.83. The summed E-state index contributed by atoms with van der Waals surface area (Å²) in [6, 6.07) is 7.72. The van der Waals surface area contributed by atoms with Crippen LogP contribution in [0.5, 0.6) is 0 Å². The van der Waals surface area contributed by atoms with Crippen molar-refractivity contribution in [2.75, 3.05) is 19.6 Å². The lowest BCUT2D eigenvalue weighted by Gasteiger charge is -2.32. The van der Waals surface area contributed by atoms with Gasteiger partial charge in [-0.15, -0.1) is 0 Å². The van der Waals surface area contributed by atoms with Gasteiger partial charge >= 0.3 is 0 Å². The van der Waals surface area contributed by atoms with Crippen molar-refractivity contribution < 1.29 is 8.42 Å². The molecule has 0 bridgehead atoms.